The maximum absolute atomic E-state index is 12.4. The average Bonchev–Trinajstić information content (AvgIpc) is 0.834. The summed E-state index contributed by atoms with van der Waals surface area (Å²) in [7, 11) is 0. The molecular formula is C82H126O17. The van der Waals surface area contributed by atoms with Gasteiger partial charge in [-0.2, -0.15) is 0 Å². The molecule has 1 N–H and O–H groups in total. The van der Waals surface area contributed by atoms with Gasteiger partial charge in [0, 0.05) is 0 Å². The number of carbonyl (C=O) groups is 1. The highest BCUT2D eigenvalue weighted by molar-refractivity contribution is 5.89. The monoisotopic (exact) mass is 1380 g/mol. The molecule has 0 amide bonds. The molecule has 0 radical (unpaired) electrons. The van der Waals surface area contributed by atoms with Crippen LogP contribution >= 0.6 is 0 Å². The van der Waals surface area contributed by atoms with Gasteiger partial charge in [0.05, 0.1) is 124 Å². The van der Waals surface area contributed by atoms with Crippen molar-refractivity contribution in [1.82, 2.24) is 0 Å². The number of hydrogen-bond donors (Lipinski definition) is 1. The Labute approximate surface area is 594 Å². The fourth-order valence-electron chi connectivity index (χ4n) is 13.9. The molecule has 3 aliphatic rings. The van der Waals surface area contributed by atoms with Crippen LogP contribution in [-0.2, 0) is 42.6 Å². The van der Waals surface area contributed by atoms with Crippen molar-refractivity contribution >= 4 is 5.97 Å². The fourth-order valence-corrected chi connectivity index (χ4v) is 13.9. The van der Waals surface area contributed by atoms with E-state index in [0.717, 1.165) is 35.0 Å². The van der Waals surface area contributed by atoms with E-state index in [1.807, 2.05) is 0 Å². The quantitative estimate of drug-likeness (QED) is 0.0413. The molecule has 0 aromatic heterocycles. The standard InChI is InChI=1S/C82H126O17/c1-4-7-10-13-66-16-22-69(23-17-66)72-28-34-76(35-29-72)94-58-52-88-46-40-85-43-49-91-55-61-97-79-64-75(82(83)84)65-80(98-62-56-92-50-44-86-41-47-89-53-59-95-77-36-30-73(31-37-77)70-24-18-67(19-25-70)14-11-8-5-2)81(79)99-63-57-93-51-45-87-42-48-90-54-60-96-78-38-32-74(33-39-78)71-26-20-68(21-27-71)15-12-9-6-3/h28-39,64-71H,4-27,40-63H2,1-3H3,(H,83,84). The highest BCUT2D eigenvalue weighted by Crippen LogP contribution is 2.42. The maximum atomic E-state index is 12.4. The van der Waals surface area contributed by atoms with Gasteiger partial charge in [-0.25, -0.2) is 4.79 Å². The Morgan fingerprint density at radius 3 is 0.778 bits per heavy atom. The Balaban J connectivity index is 0.736. The second kappa shape index (κ2) is 51.9. The largest absolute Gasteiger partial charge is 0.491 e. The Bertz CT molecular complexity index is 2490. The number of hydrogen-bond acceptors (Lipinski definition) is 16. The molecule has 4 aromatic carbocycles. The van der Waals surface area contributed by atoms with Crippen molar-refractivity contribution in [2.45, 2.75) is 193 Å². The number of benzene rings is 4. The van der Waals surface area contributed by atoms with Crippen LogP contribution in [0.5, 0.6) is 34.5 Å². The molecular weight excluding hydrogens is 1260 g/mol. The van der Waals surface area contributed by atoms with Gasteiger partial charge in [-0.3, -0.25) is 0 Å². The molecule has 0 atom stereocenters. The van der Waals surface area contributed by atoms with Gasteiger partial charge in [-0.05, 0) is 178 Å². The second-order valence-electron chi connectivity index (χ2n) is 27.1. The summed E-state index contributed by atoms with van der Waals surface area (Å²) in [5.41, 5.74) is 4.25. The van der Waals surface area contributed by atoms with Crippen LogP contribution in [0.15, 0.2) is 84.9 Å². The van der Waals surface area contributed by atoms with E-state index in [-0.39, 0.29) is 62.5 Å². The minimum Gasteiger partial charge on any atom is -0.491 e. The van der Waals surface area contributed by atoms with Crippen molar-refractivity contribution in [3.05, 3.63) is 107 Å². The van der Waals surface area contributed by atoms with Crippen molar-refractivity contribution in [3.63, 3.8) is 0 Å². The van der Waals surface area contributed by atoms with Gasteiger partial charge in [0.15, 0.2) is 11.5 Å². The molecule has 7 rings (SSSR count). The van der Waals surface area contributed by atoms with E-state index in [2.05, 4.69) is 93.6 Å². The highest BCUT2D eigenvalue weighted by Gasteiger charge is 2.26. The summed E-state index contributed by atoms with van der Waals surface area (Å²) >= 11 is 0. The molecule has 3 fully saturated rings. The van der Waals surface area contributed by atoms with E-state index in [4.69, 9.17) is 71.1 Å². The lowest BCUT2D eigenvalue weighted by Gasteiger charge is -2.29. The summed E-state index contributed by atoms with van der Waals surface area (Å²) < 4.78 is 88.2. The highest BCUT2D eigenvalue weighted by atomic mass is 16.6. The molecule has 0 unspecified atom stereocenters. The summed E-state index contributed by atoms with van der Waals surface area (Å²) in [4.78, 5) is 12.4. The molecule has 556 valence electrons. The SMILES string of the molecule is CCCCCC1CCC(c2ccc(OCCOCCOCCOCCOc3cc(C(=O)O)cc(OCCOCCOCCOCCOc4ccc(C5CCC(CCCCC)CC5)cc4)c3OCCOCCOCCOCCOc3ccc(C4CCC(CCCCC)CC4)cc3)cc2)CC1. The average molecular weight is 1380 g/mol. The molecule has 0 saturated heterocycles. The zero-order chi connectivity index (χ0) is 69.3. The van der Waals surface area contributed by atoms with Crippen LogP contribution in [0.25, 0.3) is 0 Å². The molecule has 99 heavy (non-hydrogen) atoms. The third-order valence-corrected chi connectivity index (χ3v) is 19.7. The van der Waals surface area contributed by atoms with E-state index in [1.54, 1.807) is 0 Å². The van der Waals surface area contributed by atoms with Crippen molar-refractivity contribution in [3.8, 4) is 34.5 Å². The van der Waals surface area contributed by atoms with Crippen LogP contribution < -0.4 is 28.4 Å². The van der Waals surface area contributed by atoms with E-state index >= 15 is 0 Å². The van der Waals surface area contributed by atoms with Crippen molar-refractivity contribution in [2.24, 2.45) is 17.8 Å². The minimum atomic E-state index is -1.15. The first-order valence-corrected chi connectivity index (χ1v) is 38.6. The summed E-state index contributed by atoms with van der Waals surface area (Å²) in [5, 5.41) is 10.1. The molecule has 3 saturated carbocycles. The van der Waals surface area contributed by atoms with Crippen LogP contribution in [0.2, 0.25) is 0 Å². The lowest BCUT2D eigenvalue weighted by Crippen LogP contribution is -2.16. The molecule has 17 nitrogen and oxygen atoms in total. The van der Waals surface area contributed by atoms with Gasteiger partial charge in [0.25, 0.3) is 0 Å². The topological polar surface area (TPSA) is 176 Å². The molecule has 17 heteroatoms. The van der Waals surface area contributed by atoms with Gasteiger partial charge in [-0.15, -0.1) is 0 Å². The molecule has 4 aromatic rings. The first-order chi connectivity index (χ1) is 48.9. The van der Waals surface area contributed by atoms with Crippen LogP contribution in [0.3, 0.4) is 0 Å². The summed E-state index contributed by atoms with van der Waals surface area (Å²) in [6.45, 7) is 15.3. The molecule has 3 aliphatic carbocycles. The van der Waals surface area contributed by atoms with E-state index in [9.17, 15) is 9.90 Å². The van der Waals surface area contributed by atoms with Gasteiger partial charge >= 0.3 is 5.97 Å². The normalized spacial score (nSPS) is 18.7. The number of carboxylic acid groups (broad SMARTS) is 1. The summed E-state index contributed by atoms with van der Waals surface area (Å²) in [6, 6.07) is 28.7. The fraction of sp³-hybridized carbons (Fsp3) is 0.695. The summed E-state index contributed by atoms with van der Waals surface area (Å²) in [6.07, 6.45) is 32.1. The zero-order valence-corrected chi connectivity index (χ0v) is 61.0. The lowest BCUT2D eigenvalue weighted by atomic mass is 9.77. The molecule has 0 spiro atoms. The third-order valence-electron chi connectivity index (χ3n) is 19.7. The molecule has 0 bridgehead atoms. The number of carboxylic acids is 1. The van der Waals surface area contributed by atoms with Crippen molar-refractivity contribution < 1.29 is 81.0 Å². The lowest BCUT2D eigenvalue weighted by molar-refractivity contribution is 0.00282. The number of unbranched alkanes of at least 4 members (excludes halogenated alkanes) is 6. The summed E-state index contributed by atoms with van der Waals surface area (Å²) in [5.74, 6) is 6.77. The van der Waals surface area contributed by atoms with Gasteiger partial charge in [0.1, 0.15) is 56.9 Å². The number of ether oxygens (including phenoxy) is 15. The van der Waals surface area contributed by atoms with Crippen LogP contribution in [0, 0.1) is 17.8 Å². The van der Waals surface area contributed by atoms with E-state index in [1.165, 1.54) is 183 Å². The Morgan fingerprint density at radius 2 is 0.535 bits per heavy atom. The minimum absolute atomic E-state index is 0.0301. The Hall–Kier alpha value is -5.21. The van der Waals surface area contributed by atoms with Crippen molar-refractivity contribution in [2.75, 3.05) is 159 Å². The van der Waals surface area contributed by atoms with Crippen LogP contribution in [0.4, 0.5) is 0 Å². The molecule has 0 aliphatic heterocycles. The Kier molecular flexibility index (Phi) is 42.5. The molecule has 0 heterocycles. The number of rotatable bonds is 58. The third kappa shape index (κ3) is 34.1. The van der Waals surface area contributed by atoms with E-state index < -0.39 is 5.97 Å². The first-order valence-electron chi connectivity index (χ1n) is 38.6. The maximum Gasteiger partial charge on any atom is 0.335 e. The van der Waals surface area contributed by atoms with Gasteiger partial charge < -0.3 is 76.2 Å². The van der Waals surface area contributed by atoms with Gasteiger partial charge in [-0.1, -0.05) is 134 Å². The van der Waals surface area contributed by atoms with Crippen LogP contribution in [0.1, 0.15) is 220 Å². The smallest absolute Gasteiger partial charge is 0.335 e. The van der Waals surface area contributed by atoms with Crippen molar-refractivity contribution in [1.29, 1.82) is 0 Å². The predicted molar refractivity (Wildman–Crippen MR) is 390 cm³/mol. The van der Waals surface area contributed by atoms with Crippen LogP contribution in [-0.4, -0.2) is 170 Å². The Morgan fingerprint density at radius 1 is 0.303 bits per heavy atom. The first kappa shape index (κ1) is 81.1. The van der Waals surface area contributed by atoms with E-state index in [0.29, 0.717) is 137 Å². The zero-order valence-electron chi connectivity index (χ0n) is 61.0. The second-order valence-corrected chi connectivity index (χ2v) is 27.1. The number of aromatic carboxylic acids is 1. The predicted octanol–water partition coefficient (Wildman–Crippen LogP) is 17.5. The van der Waals surface area contributed by atoms with Gasteiger partial charge in [0.2, 0.25) is 5.75 Å².